The molecule has 0 fully saturated rings. The van der Waals surface area contributed by atoms with Crippen LogP contribution in [0.25, 0.3) is 0 Å². The van der Waals surface area contributed by atoms with Crippen molar-refractivity contribution in [3.05, 3.63) is 33.9 Å². The molecule has 17 heavy (non-hydrogen) atoms. The van der Waals surface area contributed by atoms with Crippen molar-refractivity contribution in [1.29, 1.82) is 0 Å². The predicted octanol–water partition coefficient (Wildman–Crippen LogP) is 2.05. The minimum Gasteiger partial charge on any atom is -0.484 e. The van der Waals surface area contributed by atoms with Gasteiger partial charge in [0.15, 0.2) is 5.75 Å². The van der Waals surface area contributed by atoms with Crippen LogP contribution in [0.1, 0.15) is 12.5 Å². The molecule has 1 aromatic rings. The monoisotopic (exact) mass is 242 g/mol. The summed E-state index contributed by atoms with van der Waals surface area (Å²) in [5.74, 6) is 0.105. The summed E-state index contributed by atoms with van der Waals surface area (Å²) in [6.45, 7) is 2.45. The zero-order valence-corrected chi connectivity index (χ0v) is 9.61. The lowest BCUT2D eigenvalue weighted by molar-refractivity contribution is -0.385. The summed E-state index contributed by atoms with van der Waals surface area (Å²) in [4.78, 5) is 10.3. The number of ether oxygens (including phenoxy) is 1. The number of hydrogen-bond donors (Lipinski definition) is 1. The molecule has 0 aromatic heterocycles. The molecule has 0 saturated carbocycles. The molecule has 0 saturated heterocycles. The maximum absolute atomic E-state index is 12.0. The summed E-state index contributed by atoms with van der Waals surface area (Å²) in [7, 11) is 0. The van der Waals surface area contributed by atoms with E-state index in [-0.39, 0.29) is 18.0 Å². The highest BCUT2D eigenvalue weighted by Gasteiger charge is 2.15. The minimum absolute atomic E-state index is 0.105. The Morgan fingerprint density at radius 2 is 2.29 bits per heavy atom. The number of hydrogen-bond acceptors (Lipinski definition) is 4. The van der Waals surface area contributed by atoms with Gasteiger partial charge in [0.25, 0.3) is 0 Å². The topological polar surface area (TPSA) is 64.4 Å². The van der Waals surface area contributed by atoms with Crippen LogP contribution in [0, 0.1) is 10.1 Å². The van der Waals surface area contributed by atoms with Crippen molar-refractivity contribution < 1.29 is 14.1 Å². The van der Waals surface area contributed by atoms with E-state index in [1.807, 2.05) is 6.92 Å². The van der Waals surface area contributed by atoms with Gasteiger partial charge in [0.05, 0.1) is 4.92 Å². The zero-order valence-electron chi connectivity index (χ0n) is 9.61. The van der Waals surface area contributed by atoms with E-state index in [4.69, 9.17) is 4.74 Å². The molecule has 5 nitrogen and oxygen atoms in total. The number of alkyl halides is 1. The molecule has 0 radical (unpaired) electrons. The molecule has 6 heteroatoms. The van der Waals surface area contributed by atoms with Gasteiger partial charge in [0, 0.05) is 12.6 Å². The van der Waals surface area contributed by atoms with Crippen LogP contribution in [0.3, 0.4) is 0 Å². The van der Waals surface area contributed by atoms with Crippen molar-refractivity contribution in [1.82, 2.24) is 5.32 Å². The molecule has 0 aliphatic carbocycles. The molecule has 0 unspecified atom stereocenters. The lowest BCUT2D eigenvalue weighted by Crippen LogP contribution is -2.12. The smallest absolute Gasteiger partial charge is 0.311 e. The van der Waals surface area contributed by atoms with E-state index in [1.165, 1.54) is 12.1 Å². The number of nitrogens with zero attached hydrogens (tertiary/aromatic N) is 1. The van der Waals surface area contributed by atoms with Crippen LogP contribution in [0.15, 0.2) is 18.2 Å². The average molecular weight is 242 g/mol. The van der Waals surface area contributed by atoms with Crippen molar-refractivity contribution in [3.8, 4) is 5.75 Å². The van der Waals surface area contributed by atoms with Gasteiger partial charge in [-0.25, -0.2) is 4.39 Å². The second kappa shape index (κ2) is 6.80. The van der Waals surface area contributed by atoms with Crippen molar-refractivity contribution in [3.63, 3.8) is 0 Å². The third kappa shape index (κ3) is 3.99. The number of nitro groups is 1. The van der Waals surface area contributed by atoms with Gasteiger partial charge in [0.1, 0.15) is 13.3 Å². The average Bonchev–Trinajstić information content (AvgIpc) is 2.34. The van der Waals surface area contributed by atoms with E-state index in [2.05, 4.69) is 5.32 Å². The molecule has 0 spiro atoms. The number of nitro benzene ring substituents is 1. The maximum Gasteiger partial charge on any atom is 0.311 e. The highest BCUT2D eigenvalue weighted by molar-refractivity contribution is 5.48. The summed E-state index contributed by atoms with van der Waals surface area (Å²) in [6.07, 6.45) is 0. The molecule has 0 bridgehead atoms. The van der Waals surface area contributed by atoms with Crippen LogP contribution in [0.4, 0.5) is 10.1 Å². The first kappa shape index (κ1) is 13.4. The van der Waals surface area contributed by atoms with Gasteiger partial charge in [-0.05, 0) is 18.2 Å². The Labute approximate surface area is 98.7 Å². The van der Waals surface area contributed by atoms with E-state index in [0.29, 0.717) is 6.54 Å². The Kier molecular flexibility index (Phi) is 5.35. The van der Waals surface area contributed by atoms with Crippen molar-refractivity contribution in [2.75, 3.05) is 19.8 Å². The van der Waals surface area contributed by atoms with E-state index < -0.39 is 11.6 Å². The molecule has 0 atom stereocenters. The SMILES string of the molecule is CCNCc1ccc(OCCF)c([N+](=O)[O-])c1. The highest BCUT2D eigenvalue weighted by atomic mass is 19.1. The summed E-state index contributed by atoms with van der Waals surface area (Å²) in [5.41, 5.74) is 0.667. The summed E-state index contributed by atoms with van der Waals surface area (Å²) < 4.78 is 16.9. The summed E-state index contributed by atoms with van der Waals surface area (Å²) in [6, 6.07) is 4.67. The normalized spacial score (nSPS) is 10.2. The fraction of sp³-hybridized carbons (Fsp3) is 0.455. The number of benzene rings is 1. The maximum atomic E-state index is 12.0. The summed E-state index contributed by atoms with van der Waals surface area (Å²) >= 11 is 0. The summed E-state index contributed by atoms with van der Waals surface area (Å²) in [5, 5.41) is 13.9. The predicted molar refractivity (Wildman–Crippen MR) is 61.9 cm³/mol. The molecule has 0 aliphatic rings. The van der Waals surface area contributed by atoms with Gasteiger partial charge in [-0.15, -0.1) is 0 Å². The first-order chi connectivity index (χ1) is 8.19. The lowest BCUT2D eigenvalue weighted by atomic mass is 10.2. The van der Waals surface area contributed by atoms with Gasteiger partial charge in [0.2, 0.25) is 0 Å². The molecule has 1 N–H and O–H groups in total. The molecule has 0 heterocycles. The Balaban J connectivity index is 2.87. The Hall–Kier alpha value is -1.69. The molecule has 0 aliphatic heterocycles. The van der Waals surface area contributed by atoms with Gasteiger partial charge < -0.3 is 10.1 Å². The number of rotatable bonds is 7. The molecule has 0 amide bonds. The quantitative estimate of drug-likeness (QED) is 0.587. The van der Waals surface area contributed by atoms with Crippen molar-refractivity contribution >= 4 is 5.69 Å². The van der Waals surface area contributed by atoms with Gasteiger partial charge in [-0.3, -0.25) is 10.1 Å². The first-order valence-corrected chi connectivity index (χ1v) is 5.35. The number of halogens is 1. The fourth-order valence-electron chi connectivity index (χ4n) is 1.36. The third-order valence-corrected chi connectivity index (χ3v) is 2.13. The Morgan fingerprint density at radius 3 is 2.88 bits per heavy atom. The van der Waals surface area contributed by atoms with Crippen LogP contribution in [-0.4, -0.2) is 24.7 Å². The third-order valence-electron chi connectivity index (χ3n) is 2.13. The molecule has 1 aromatic carbocycles. The lowest BCUT2D eigenvalue weighted by Gasteiger charge is -2.07. The van der Waals surface area contributed by atoms with E-state index in [1.54, 1.807) is 6.07 Å². The largest absolute Gasteiger partial charge is 0.484 e. The minimum atomic E-state index is -0.670. The first-order valence-electron chi connectivity index (χ1n) is 5.35. The van der Waals surface area contributed by atoms with Crippen molar-refractivity contribution in [2.45, 2.75) is 13.5 Å². The second-order valence-electron chi connectivity index (χ2n) is 3.38. The van der Waals surface area contributed by atoms with Gasteiger partial charge >= 0.3 is 5.69 Å². The molecular formula is C11H15FN2O3. The van der Waals surface area contributed by atoms with Crippen molar-refractivity contribution in [2.24, 2.45) is 0 Å². The van der Waals surface area contributed by atoms with Crippen LogP contribution < -0.4 is 10.1 Å². The molecule has 1 rings (SSSR count). The second-order valence-corrected chi connectivity index (χ2v) is 3.38. The van der Waals surface area contributed by atoms with E-state index in [9.17, 15) is 14.5 Å². The highest BCUT2D eigenvalue weighted by Crippen LogP contribution is 2.27. The van der Waals surface area contributed by atoms with Crippen LogP contribution >= 0.6 is 0 Å². The zero-order chi connectivity index (χ0) is 12.7. The Morgan fingerprint density at radius 1 is 1.53 bits per heavy atom. The molecular weight excluding hydrogens is 227 g/mol. The van der Waals surface area contributed by atoms with Crippen LogP contribution in [0.5, 0.6) is 5.75 Å². The van der Waals surface area contributed by atoms with E-state index >= 15 is 0 Å². The standard InChI is InChI=1S/C11H15FN2O3/c1-2-13-8-9-3-4-11(17-6-5-12)10(7-9)14(15)16/h3-4,7,13H,2,5-6,8H2,1H3. The van der Waals surface area contributed by atoms with Crippen LogP contribution in [-0.2, 0) is 6.54 Å². The fourth-order valence-corrected chi connectivity index (χ4v) is 1.36. The van der Waals surface area contributed by atoms with E-state index in [0.717, 1.165) is 12.1 Å². The van der Waals surface area contributed by atoms with Gasteiger partial charge in [-0.1, -0.05) is 13.0 Å². The Bertz CT molecular complexity index is 385. The van der Waals surface area contributed by atoms with Gasteiger partial charge in [-0.2, -0.15) is 0 Å². The number of nitrogens with one attached hydrogen (secondary N) is 1. The van der Waals surface area contributed by atoms with Crippen LogP contribution in [0.2, 0.25) is 0 Å². The molecule has 94 valence electrons.